The van der Waals surface area contributed by atoms with Crippen LogP contribution in [0.3, 0.4) is 0 Å². The standard InChI is InChI=1S/C16H16BrNO3/c1-2-3-12-4-7-14(8-5-12)21-16-9-6-13(11-17)10-15(16)18(19)20/h4-10H,2-3,11H2,1H3. The van der Waals surface area contributed by atoms with E-state index in [0.29, 0.717) is 11.1 Å². The molecule has 0 aromatic heterocycles. The number of nitro groups is 1. The first-order chi connectivity index (χ1) is 10.1. The van der Waals surface area contributed by atoms with Crippen molar-refractivity contribution in [2.24, 2.45) is 0 Å². The maximum atomic E-state index is 11.1. The first kappa shape index (κ1) is 15.5. The third-order valence-electron chi connectivity index (χ3n) is 3.06. The highest BCUT2D eigenvalue weighted by molar-refractivity contribution is 9.08. The van der Waals surface area contributed by atoms with E-state index in [1.807, 2.05) is 30.3 Å². The van der Waals surface area contributed by atoms with E-state index in [9.17, 15) is 10.1 Å². The summed E-state index contributed by atoms with van der Waals surface area (Å²) in [6.07, 6.45) is 2.10. The molecular weight excluding hydrogens is 334 g/mol. The van der Waals surface area contributed by atoms with Crippen molar-refractivity contribution in [1.29, 1.82) is 0 Å². The Kier molecular flexibility index (Phi) is 5.33. The number of benzene rings is 2. The first-order valence-corrected chi connectivity index (χ1v) is 7.86. The normalized spacial score (nSPS) is 10.4. The topological polar surface area (TPSA) is 52.4 Å². The molecule has 0 aliphatic carbocycles. The quantitative estimate of drug-likeness (QED) is 0.407. The molecule has 0 bridgehead atoms. The molecule has 0 atom stereocenters. The molecule has 0 fully saturated rings. The molecule has 0 radical (unpaired) electrons. The third-order valence-corrected chi connectivity index (χ3v) is 3.71. The van der Waals surface area contributed by atoms with Gasteiger partial charge in [-0.05, 0) is 35.7 Å². The van der Waals surface area contributed by atoms with Gasteiger partial charge in [0.2, 0.25) is 5.75 Å². The summed E-state index contributed by atoms with van der Waals surface area (Å²) in [5.74, 6) is 0.859. The average molecular weight is 350 g/mol. The predicted molar refractivity (Wildman–Crippen MR) is 86.2 cm³/mol. The van der Waals surface area contributed by atoms with Gasteiger partial charge in [-0.15, -0.1) is 0 Å². The third kappa shape index (κ3) is 4.04. The maximum absolute atomic E-state index is 11.1. The van der Waals surface area contributed by atoms with Crippen LogP contribution in [0, 0.1) is 10.1 Å². The van der Waals surface area contributed by atoms with Gasteiger partial charge in [-0.2, -0.15) is 0 Å². The second-order valence-corrected chi connectivity index (χ2v) is 5.25. The molecule has 0 amide bonds. The SMILES string of the molecule is CCCc1ccc(Oc2ccc(CBr)cc2[N+](=O)[O-])cc1. The monoisotopic (exact) mass is 349 g/mol. The molecule has 0 aliphatic rings. The van der Waals surface area contributed by atoms with Crippen LogP contribution >= 0.6 is 15.9 Å². The number of rotatable bonds is 6. The van der Waals surface area contributed by atoms with Crippen LogP contribution in [-0.2, 0) is 11.8 Å². The lowest BCUT2D eigenvalue weighted by molar-refractivity contribution is -0.385. The Morgan fingerprint density at radius 3 is 2.38 bits per heavy atom. The van der Waals surface area contributed by atoms with E-state index in [2.05, 4.69) is 22.9 Å². The Hall–Kier alpha value is -1.88. The molecule has 21 heavy (non-hydrogen) atoms. The number of aryl methyl sites for hydroxylation is 1. The van der Waals surface area contributed by atoms with E-state index >= 15 is 0 Å². The minimum absolute atomic E-state index is 0.0235. The molecule has 5 heteroatoms. The van der Waals surface area contributed by atoms with Crippen LogP contribution in [0.25, 0.3) is 0 Å². The number of halogens is 1. The zero-order valence-corrected chi connectivity index (χ0v) is 13.3. The van der Waals surface area contributed by atoms with E-state index in [1.165, 1.54) is 11.6 Å². The lowest BCUT2D eigenvalue weighted by Gasteiger charge is -2.08. The van der Waals surface area contributed by atoms with Crippen molar-refractivity contribution < 1.29 is 9.66 Å². The molecular formula is C16H16BrNO3. The summed E-state index contributed by atoms with van der Waals surface area (Å²) in [4.78, 5) is 10.7. The van der Waals surface area contributed by atoms with E-state index in [-0.39, 0.29) is 11.4 Å². The summed E-state index contributed by atoms with van der Waals surface area (Å²) >= 11 is 3.29. The summed E-state index contributed by atoms with van der Waals surface area (Å²) in [6, 6.07) is 12.6. The smallest absolute Gasteiger partial charge is 0.311 e. The van der Waals surface area contributed by atoms with Crippen LogP contribution < -0.4 is 4.74 Å². The molecule has 0 heterocycles. The van der Waals surface area contributed by atoms with Crippen molar-refractivity contribution >= 4 is 21.6 Å². The molecule has 0 saturated carbocycles. The van der Waals surface area contributed by atoms with Crippen molar-refractivity contribution in [3.8, 4) is 11.5 Å². The second-order valence-electron chi connectivity index (χ2n) is 4.69. The number of nitrogens with zero attached hydrogens (tertiary/aromatic N) is 1. The van der Waals surface area contributed by atoms with Crippen LogP contribution in [0.1, 0.15) is 24.5 Å². The molecule has 0 aliphatic heterocycles. The van der Waals surface area contributed by atoms with Gasteiger partial charge in [-0.1, -0.05) is 47.5 Å². The van der Waals surface area contributed by atoms with Gasteiger partial charge in [-0.25, -0.2) is 0 Å². The largest absolute Gasteiger partial charge is 0.450 e. The number of ether oxygens (including phenoxy) is 1. The molecule has 2 aromatic carbocycles. The fraction of sp³-hybridized carbons (Fsp3) is 0.250. The number of hydrogen-bond acceptors (Lipinski definition) is 3. The Bertz CT molecular complexity index is 626. The summed E-state index contributed by atoms with van der Waals surface area (Å²) < 4.78 is 5.65. The van der Waals surface area contributed by atoms with Crippen molar-refractivity contribution in [3.63, 3.8) is 0 Å². The highest BCUT2D eigenvalue weighted by atomic mass is 79.9. The predicted octanol–water partition coefficient (Wildman–Crippen LogP) is 5.23. The highest BCUT2D eigenvalue weighted by Gasteiger charge is 2.16. The average Bonchev–Trinajstić information content (AvgIpc) is 2.49. The summed E-state index contributed by atoms with van der Waals surface area (Å²) in [5.41, 5.74) is 2.05. The van der Waals surface area contributed by atoms with Crippen LogP contribution in [-0.4, -0.2) is 4.92 Å². The Morgan fingerprint density at radius 2 is 1.81 bits per heavy atom. The van der Waals surface area contributed by atoms with E-state index in [4.69, 9.17) is 4.74 Å². The van der Waals surface area contributed by atoms with Gasteiger partial charge in [0, 0.05) is 11.4 Å². The highest BCUT2D eigenvalue weighted by Crippen LogP contribution is 2.32. The molecule has 0 N–H and O–H groups in total. The minimum Gasteiger partial charge on any atom is -0.450 e. The Labute approximate surface area is 132 Å². The van der Waals surface area contributed by atoms with Crippen molar-refractivity contribution in [3.05, 3.63) is 63.7 Å². The lowest BCUT2D eigenvalue weighted by atomic mass is 10.1. The number of hydrogen-bond donors (Lipinski definition) is 0. The van der Waals surface area contributed by atoms with Crippen LogP contribution in [0.15, 0.2) is 42.5 Å². The van der Waals surface area contributed by atoms with Gasteiger partial charge in [0.25, 0.3) is 0 Å². The van der Waals surface area contributed by atoms with Gasteiger partial charge >= 0.3 is 5.69 Å². The molecule has 4 nitrogen and oxygen atoms in total. The van der Waals surface area contributed by atoms with E-state index < -0.39 is 4.92 Å². The van der Waals surface area contributed by atoms with E-state index in [1.54, 1.807) is 6.07 Å². The first-order valence-electron chi connectivity index (χ1n) is 6.74. The van der Waals surface area contributed by atoms with Crippen molar-refractivity contribution in [2.45, 2.75) is 25.1 Å². The maximum Gasteiger partial charge on any atom is 0.311 e. The molecule has 0 spiro atoms. The van der Waals surface area contributed by atoms with Gasteiger partial charge in [0.1, 0.15) is 5.75 Å². The van der Waals surface area contributed by atoms with Crippen LogP contribution in [0.5, 0.6) is 11.5 Å². The van der Waals surface area contributed by atoms with Gasteiger partial charge in [-0.3, -0.25) is 10.1 Å². The molecule has 0 saturated heterocycles. The summed E-state index contributed by atoms with van der Waals surface area (Å²) in [5, 5.41) is 11.7. The van der Waals surface area contributed by atoms with Crippen molar-refractivity contribution in [2.75, 3.05) is 0 Å². The molecule has 2 aromatic rings. The van der Waals surface area contributed by atoms with Crippen LogP contribution in [0.4, 0.5) is 5.69 Å². The lowest BCUT2D eigenvalue weighted by Crippen LogP contribution is -1.95. The summed E-state index contributed by atoms with van der Waals surface area (Å²) in [6.45, 7) is 2.12. The van der Waals surface area contributed by atoms with Gasteiger partial charge in [0.05, 0.1) is 4.92 Å². The second kappa shape index (κ2) is 7.22. The summed E-state index contributed by atoms with van der Waals surface area (Å²) in [7, 11) is 0. The van der Waals surface area contributed by atoms with Gasteiger partial charge in [0.15, 0.2) is 0 Å². The van der Waals surface area contributed by atoms with Crippen LogP contribution in [0.2, 0.25) is 0 Å². The molecule has 2 rings (SSSR count). The fourth-order valence-corrected chi connectivity index (χ4v) is 2.36. The molecule has 110 valence electrons. The van der Waals surface area contributed by atoms with Crippen molar-refractivity contribution in [1.82, 2.24) is 0 Å². The minimum atomic E-state index is -0.424. The number of alkyl halides is 1. The molecule has 0 unspecified atom stereocenters. The fourth-order valence-electron chi connectivity index (χ4n) is 2.01. The zero-order valence-electron chi connectivity index (χ0n) is 11.7. The zero-order chi connectivity index (χ0) is 15.2. The Morgan fingerprint density at radius 1 is 1.14 bits per heavy atom. The van der Waals surface area contributed by atoms with E-state index in [0.717, 1.165) is 18.4 Å². The Balaban J connectivity index is 2.24. The number of nitro benzene ring substituents is 1. The van der Waals surface area contributed by atoms with Gasteiger partial charge < -0.3 is 4.74 Å².